The zero-order chi connectivity index (χ0) is 15.2. The third kappa shape index (κ3) is 4.06. The van der Waals surface area contributed by atoms with E-state index < -0.39 is 5.97 Å². The molecule has 0 bridgehead atoms. The van der Waals surface area contributed by atoms with E-state index in [0.717, 1.165) is 9.79 Å². The minimum atomic E-state index is -0.963. The predicted molar refractivity (Wildman–Crippen MR) is 79.8 cm³/mol. The van der Waals surface area contributed by atoms with Crippen LogP contribution in [-0.4, -0.2) is 28.5 Å². The van der Waals surface area contributed by atoms with Crippen LogP contribution in [0.25, 0.3) is 0 Å². The first-order valence-corrected chi connectivity index (χ1v) is 7.17. The second-order valence-electron chi connectivity index (χ2n) is 4.17. The summed E-state index contributed by atoms with van der Waals surface area (Å²) in [6.45, 7) is 2.38. The standard InChI is InChI=1S/C15H14N2O3S/c1-2-16-14(18)13-9-12(6-7-17-13)21-11-5-3-4-10(8-11)15(19)20/h3-9H,2H2,1H3,(H,16,18)(H,19,20). The highest BCUT2D eigenvalue weighted by Crippen LogP contribution is 2.28. The third-order valence-electron chi connectivity index (χ3n) is 2.62. The summed E-state index contributed by atoms with van der Waals surface area (Å²) in [5.41, 5.74) is 0.578. The molecule has 1 aromatic heterocycles. The summed E-state index contributed by atoms with van der Waals surface area (Å²) in [5.74, 6) is -1.19. The van der Waals surface area contributed by atoms with Crippen LogP contribution in [0.5, 0.6) is 0 Å². The van der Waals surface area contributed by atoms with Gasteiger partial charge >= 0.3 is 5.97 Å². The number of hydrogen-bond donors (Lipinski definition) is 2. The Hall–Kier alpha value is -2.34. The summed E-state index contributed by atoms with van der Waals surface area (Å²) in [6.07, 6.45) is 1.56. The molecule has 1 aromatic carbocycles. The Morgan fingerprint density at radius 1 is 1.24 bits per heavy atom. The zero-order valence-electron chi connectivity index (χ0n) is 11.4. The van der Waals surface area contributed by atoms with E-state index in [0.29, 0.717) is 12.2 Å². The van der Waals surface area contributed by atoms with E-state index in [9.17, 15) is 9.59 Å². The van der Waals surface area contributed by atoms with Crippen molar-refractivity contribution in [2.24, 2.45) is 0 Å². The van der Waals surface area contributed by atoms with Gasteiger partial charge in [0.05, 0.1) is 5.56 Å². The molecule has 0 aliphatic carbocycles. The number of amides is 1. The topological polar surface area (TPSA) is 79.3 Å². The number of pyridine rings is 1. The van der Waals surface area contributed by atoms with Crippen LogP contribution in [0.1, 0.15) is 27.8 Å². The van der Waals surface area contributed by atoms with Gasteiger partial charge in [-0.15, -0.1) is 0 Å². The summed E-state index contributed by atoms with van der Waals surface area (Å²) in [4.78, 5) is 28.3. The van der Waals surface area contributed by atoms with Gasteiger partial charge < -0.3 is 10.4 Å². The molecule has 2 rings (SSSR count). The van der Waals surface area contributed by atoms with Crippen molar-refractivity contribution < 1.29 is 14.7 Å². The number of hydrogen-bond acceptors (Lipinski definition) is 4. The summed E-state index contributed by atoms with van der Waals surface area (Å²) >= 11 is 1.39. The van der Waals surface area contributed by atoms with E-state index in [2.05, 4.69) is 10.3 Å². The van der Waals surface area contributed by atoms with Crippen molar-refractivity contribution in [2.45, 2.75) is 16.7 Å². The summed E-state index contributed by atoms with van der Waals surface area (Å²) in [7, 11) is 0. The van der Waals surface area contributed by atoms with Gasteiger partial charge in [-0.2, -0.15) is 0 Å². The number of carbonyl (C=O) groups excluding carboxylic acids is 1. The number of nitrogens with zero attached hydrogens (tertiary/aromatic N) is 1. The highest BCUT2D eigenvalue weighted by atomic mass is 32.2. The molecule has 0 fully saturated rings. The Morgan fingerprint density at radius 3 is 2.71 bits per heavy atom. The van der Waals surface area contributed by atoms with Gasteiger partial charge in [-0.3, -0.25) is 9.78 Å². The fourth-order valence-corrected chi connectivity index (χ4v) is 2.58. The van der Waals surface area contributed by atoms with Crippen molar-refractivity contribution in [3.8, 4) is 0 Å². The minimum Gasteiger partial charge on any atom is -0.478 e. The number of aromatic carboxylic acids is 1. The van der Waals surface area contributed by atoms with Crippen LogP contribution in [0.2, 0.25) is 0 Å². The van der Waals surface area contributed by atoms with E-state index in [1.54, 1.807) is 36.5 Å². The molecule has 0 unspecified atom stereocenters. The lowest BCUT2D eigenvalue weighted by molar-refractivity contribution is 0.0696. The molecule has 5 nitrogen and oxygen atoms in total. The average molecular weight is 302 g/mol. The Bertz CT molecular complexity index is 673. The number of rotatable bonds is 5. The van der Waals surface area contributed by atoms with E-state index in [-0.39, 0.29) is 11.5 Å². The molecule has 0 atom stereocenters. The van der Waals surface area contributed by atoms with Crippen molar-refractivity contribution in [3.05, 3.63) is 53.9 Å². The number of aromatic nitrogens is 1. The predicted octanol–water partition coefficient (Wildman–Crippen LogP) is 2.68. The lowest BCUT2D eigenvalue weighted by Gasteiger charge is -2.05. The Kier molecular flexibility index (Phi) is 4.94. The summed E-state index contributed by atoms with van der Waals surface area (Å²) in [6, 6.07) is 10.1. The van der Waals surface area contributed by atoms with Gasteiger partial charge in [0.25, 0.3) is 5.91 Å². The maximum absolute atomic E-state index is 11.7. The lowest BCUT2D eigenvalue weighted by Crippen LogP contribution is -2.23. The third-order valence-corrected chi connectivity index (χ3v) is 3.60. The fraction of sp³-hybridized carbons (Fsp3) is 0.133. The molecule has 0 saturated carbocycles. The first kappa shape index (κ1) is 15.1. The van der Waals surface area contributed by atoms with Crippen molar-refractivity contribution in [3.63, 3.8) is 0 Å². The van der Waals surface area contributed by atoms with Gasteiger partial charge in [-0.05, 0) is 37.3 Å². The normalized spacial score (nSPS) is 10.1. The van der Waals surface area contributed by atoms with Crippen molar-refractivity contribution in [1.29, 1.82) is 0 Å². The minimum absolute atomic E-state index is 0.223. The highest BCUT2D eigenvalue weighted by Gasteiger charge is 2.08. The zero-order valence-corrected chi connectivity index (χ0v) is 12.2. The molecule has 2 N–H and O–H groups in total. The second-order valence-corrected chi connectivity index (χ2v) is 5.32. The van der Waals surface area contributed by atoms with Crippen LogP contribution in [0.3, 0.4) is 0 Å². The highest BCUT2D eigenvalue weighted by molar-refractivity contribution is 7.99. The summed E-state index contributed by atoms with van der Waals surface area (Å²) in [5, 5.41) is 11.7. The molecule has 108 valence electrons. The fourth-order valence-electron chi connectivity index (χ4n) is 1.68. The molecular formula is C15H14N2O3S. The Labute approximate surface area is 126 Å². The number of benzene rings is 1. The Morgan fingerprint density at radius 2 is 2.00 bits per heavy atom. The molecule has 0 saturated heterocycles. The van der Waals surface area contributed by atoms with E-state index in [1.807, 2.05) is 13.0 Å². The molecule has 0 aliphatic rings. The van der Waals surface area contributed by atoms with Gasteiger partial charge in [0.15, 0.2) is 0 Å². The molecule has 0 spiro atoms. The van der Waals surface area contributed by atoms with Crippen LogP contribution < -0.4 is 5.32 Å². The Balaban J connectivity index is 2.20. The monoisotopic (exact) mass is 302 g/mol. The van der Waals surface area contributed by atoms with Crippen molar-refractivity contribution in [2.75, 3.05) is 6.54 Å². The number of carboxylic acids is 1. The van der Waals surface area contributed by atoms with Crippen LogP contribution in [0.4, 0.5) is 0 Å². The SMILES string of the molecule is CCNC(=O)c1cc(Sc2cccc(C(=O)O)c2)ccn1. The number of carboxylic acid groups (broad SMARTS) is 1. The van der Waals surface area contributed by atoms with E-state index in [1.165, 1.54) is 11.8 Å². The van der Waals surface area contributed by atoms with Gasteiger partial charge in [-0.25, -0.2) is 4.79 Å². The largest absolute Gasteiger partial charge is 0.478 e. The average Bonchev–Trinajstić information content (AvgIpc) is 2.48. The molecule has 0 aliphatic heterocycles. The number of nitrogens with one attached hydrogen (secondary N) is 1. The van der Waals surface area contributed by atoms with Crippen LogP contribution >= 0.6 is 11.8 Å². The molecule has 6 heteroatoms. The van der Waals surface area contributed by atoms with Crippen molar-refractivity contribution in [1.82, 2.24) is 10.3 Å². The molecule has 1 heterocycles. The maximum Gasteiger partial charge on any atom is 0.335 e. The van der Waals surface area contributed by atoms with Gasteiger partial charge in [0, 0.05) is 22.5 Å². The number of carbonyl (C=O) groups is 2. The van der Waals surface area contributed by atoms with Crippen molar-refractivity contribution >= 4 is 23.6 Å². The molecule has 0 radical (unpaired) electrons. The van der Waals surface area contributed by atoms with Gasteiger partial charge in [0.2, 0.25) is 0 Å². The van der Waals surface area contributed by atoms with Crippen LogP contribution in [0, 0.1) is 0 Å². The lowest BCUT2D eigenvalue weighted by atomic mass is 10.2. The van der Waals surface area contributed by atoms with Crippen LogP contribution in [0.15, 0.2) is 52.4 Å². The van der Waals surface area contributed by atoms with Crippen LogP contribution in [-0.2, 0) is 0 Å². The van der Waals surface area contributed by atoms with E-state index >= 15 is 0 Å². The van der Waals surface area contributed by atoms with E-state index in [4.69, 9.17) is 5.11 Å². The molecule has 2 aromatic rings. The first-order valence-electron chi connectivity index (χ1n) is 6.35. The first-order chi connectivity index (χ1) is 10.1. The second kappa shape index (κ2) is 6.90. The maximum atomic E-state index is 11.7. The van der Waals surface area contributed by atoms with Gasteiger partial charge in [0.1, 0.15) is 5.69 Å². The molecular weight excluding hydrogens is 288 g/mol. The quantitative estimate of drug-likeness (QED) is 0.887. The summed E-state index contributed by atoms with van der Waals surface area (Å²) < 4.78 is 0. The smallest absolute Gasteiger partial charge is 0.335 e. The van der Waals surface area contributed by atoms with Gasteiger partial charge in [-0.1, -0.05) is 17.8 Å². The molecule has 21 heavy (non-hydrogen) atoms. The molecule has 1 amide bonds.